The first-order valence-electron chi connectivity index (χ1n) is 10.4. The average molecular weight is 389 g/mol. The largest absolute Gasteiger partial charge is 0.472 e. The van der Waals surface area contributed by atoms with Crippen LogP contribution in [0, 0.1) is 0 Å². The van der Waals surface area contributed by atoms with Crippen LogP contribution in [0.1, 0.15) is 31.2 Å². The third kappa shape index (κ3) is 3.25. The minimum Gasteiger partial charge on any atom is -0.472 e. The molecule has 1 saturated heterocycles. The SMILES string of the molecule is c1cnc2c(c1)-c1nn(-c3ccc(N4CCC(OC5CC5)CC4)nc3)cc1CO2. The van der Waals surface area contributed by atoms with Crippen molar-refractivity contribution in [3.63, 3.8) is 0 Å². The van der Waals surface area contributed by atoms with E-state index < -0.39 is 0 Å². The van der Waals surface area contributed by atoms with Gasteiger partial charge in [-0.15, -0.1) is 0 Å². The van der Waals surface area contributed by atoms with Crippen molar-refractivity contribution >= 4 is 5.82 Å². The van der Waals surface area contributed by atoms with Gasteiger partial charge in [0.15, 0.2) is 0 Å². The summed E-state index contributed by atoms with van der Waals surface area (Å²) < 4.78 is 13.7. The highest BCUT2D eigenvalue weighted by molar-refractivity contribution is 5.69. The third-order valence-corrected chi connectivity index (χ3v) is 5.85. The molecule has 29 heavy (non-hydrogen) atoms. The predicted molar refractivity (Wildman–Crippen MR) is 108 cm³/mol. The van der Waals surface area contributed by atoms with Crippen molar-refractivity contribution in [3.05, 3.63) is 48.4 Å². The monoisotopic (exact) mass is 389 g/mol. The Morgan fingerprint density at radius 1 is 1.00 bits per heavy atom. The van der Waals surface area contributed by atoms with Gasteiger partial charge in [0.05, 0.1) is 29.7 Å². The van der Waals surface area contributed by atoms with E-state index in [0.717, 1.165) is 54.3 Å². The molecule has 7 heteroatoms. The van der Waals surface area contributed by atoms with Crippen molar-refractivity contribution in [2.75, 3.05) is 18.0 Å². The molecule has 3 aliphatic rings. The van der Waals surface area contributed by atoms with Crippen molar-refractivity contribution in [3.8, 4) is 22.8 Å². The molecule has 7 nitrogen and oxygen atoms in total. The van der Waals surface area contributed by atoms with Gasteiger partial charge in [0.1, 0.15) is 18.1 Å². The standard InChI is InChI=1S/C22H23N5O2/c1-2-19-21-15(14-28-22(19)23-9-1)13-27(25-21)16-3-6-20(24-12-16)26-10-7-18(8-11-26)29-17-4-5-17/h1-3,6,9,12-13,17-18H,4-5,7-8,10-11,14H2. The number of pyridine rings is 2. The number of hydrogen-bond acceptors (Lipinski definition) is 6. The molecule has 0 amide bonds. The smallest absolute Gasteiger partial charge is 0.223 e. The van der Waals surface area contributed by atoms with E-state index in [0.29, 0.717) is 24.7 Å². The quantitative estimate of drug-likeness (QED) is 0.682. The molecule has 0 aromatic carbocycles. The zero-order valence-corrected chi connectivity index (χ0v) is 16.2. The number of anilines is 1. The number of ether oxygens (including phenoxy) is 2. The van der Waals surface area contributed by atoms with E-state index >= 15 is 0 Å². The van der Waals surface area contributed by atoms with Crippen molar-refractivity contribution in [2.24, 2.45) is 0 Å². The normalized spacial score (nSPS) is 18.8. The molecule has 1 saturated carbocycles. The first-order valence-corrected chi connectivity index (χ1v) is 10.4. The summed E-state index contributed by atoms with van der Waals surface area (Å²) >= 11 is 0. The highest BCUT2D eigenvalue weighted by Gasteiger charge is 2.29. The summed E-state index contributed by atoms with van der Waals surface area (Å²) in [5, 5.41) is 4.77. The molecule has 2 fully saturated rings. The maximum absolute atomic E-state index is 6.05. The topological polar surface area (TPSA) is 65.3 Å². The fourth-order valence-corrected chi connectivity index (χ4v) is 4.10. The summed E-state index contributed by atoms with van der Waals surface area (Å²) in [4.78, 5) is 11.3. The van der Waals surface area contributed by atoms with Gasteiger partial charge in [-0.25, -0.2) is 14.6 Å². The van der Waals surface area contributed by atoms with Crippen LogP contribution >= 0.6 is 0 Å². The summed E-state index contributed by atoms with van der Waals surface area (Å²) in [7, 11) is 0. The molecule has 0 bridgehead atoms. The maximum Gasteiger partial charge on any atom is 0.223 e. The Kier molecular flexibility index (Phi) is 4.01. The first kappa shape index (κ1) is 17.0. The zero-order chi connectivity index (χ0) is 19.2. The molecule has 6 rings (SSSR count). The van der Waals surface area contributed by atoms with E-state index in [9.17, 15) is 0 Å². The number of fused-ring (bicyclic) bond motifs is 3. The van der Waals surface area contributed by atoms with Crippen LogP contribution in [0.5, 0.6) is 5.88 Å². The summed E-state index contributed by atoms with van der Waals surface area (Å²) in [5.74, 6) is 1.67. The lowest BCUT2D eigenvalue weighted by molar-refractivity contribution is 0.0246. The molecule has 0 radical (unpaired) electrons. The lowest BCUT2D eigenvalue weighted by Crippen LogP contribution is -2.37. The van der Waals surface area contributed by atoms with Crippen LogP contribution in [0.15, 0.2) is 42.9 Å². The molecule has 5 heterocycles. The van der Waals surface area contributed by atoms with Gasteiger partial charge < -0.3 is 14.4 Å². The summed E-state index contributed by atoms with van der Waals surface area (Å²) in [6, 6.07) is 8.07. The van der Waals surface area contributed by atoms with Gasteiger partial charge in [-0.05, 0) is 49.9 Å². The second-order valence-corrected chi connectivity index (χ2v) is 7.99. The molecule has 3 aromatic rings. The predicted octanol–water partition coefficient (Wildman–Crippen LogP) is 3.37. The summed E-state index contributed by atoms with van der Waals surface area (Å²) in [6.07, 6.45) is 11.3. The van der Waals surface area contributed by atoms with Gasteiger partial charge in [0.25, 0.3) is 0 Å². The minimum atomic E-state index is 0.424. The van der Waals surface area contributed by atoms with Crippen LogP contribution in [-0.2, 0) is 11.3 Å². The van der Waals surface area contributed by atoms with Crippen molar-refractivity contribution in [1.82, 2.24) is 19.7 Å². The Morgan fingerprint density at radius 2 is 1.86 bits per heavy atom. The second kappa shape index (κ2) is 6.84. The molecule has 0 unspecified atom stereocenters. The van der Waals surface area contributed by atoms with Gasteiger partial charge in [-0.3, -0.25) is 0 Å². The van der Waals surface area contributed by atoms with Gasteiger partial charge in [0, 0.05) is 31.0 Å². The molecular weight excluding hydrogens is 366 g/mol. The molecule has 0 atom stereocenters. The molecule has 148 valence electrons. The highest BCUT2D eigenvalue weighted by Crippen LogP contribution is 2.35. The molecule has 1 aliphatic carbocycles. The number of aromatic nitrogens is 4. The van der Waals surface area contributed by atoms with Crippen LogP contribution in [0.3, 0.4) is 0 Å². The number of hydrogen-bond donors (Lipinski definition) is 0. The Labute approximate surface area is 169 Å². The van der Waals surface area contributed by atoms with Gasteiger partial charge >= 0.3 is 0 Å². The van der Waals surface area contributed by atoms with Gasteiger partial charge in [0.2, 0.25) is 5.88 Å². The lowest BCUT2D eigenvalue weighted by atomic mass is 10.1. The molecule has 0 spiro atoms. The Hall–Kier alpha value is -2.93. The molecule has 0 N–H and O–H groups in total. The average Bonchev–Trinajstić information content (AvgIpc) is 3.48. The fourth-order valence-electron chi connectivity index (χ4n) is 4.10. The molecule has 2 aliphatic heterocycles. The maximum atomic E-state index is 6.05. The van der Waals surface area contributed by atoms with Crippen molar-refractivity contribution < 1.29 is 9.47 Å². The number of rotatable bonds is 4. The minimum absolute atomic E-state index is 0.424. The Balaban J connectivity index is 1.18. The number of nitrogens with zero attached hydrogens (tertiary/aromatic N) is 5. The second-order valence-electron chi connectivity index (χ2n) is 7.99. The van der Waals surface area contributed by atoms with Crippen LogP contribution in [0.4, 0.5) is 5.82 Å². The first-order chi connectivity index (χ1) is 14.3. The van der Waals surface area contributed by atoms with E-state index in [1.54, 1.807) is 6.20 Å². The van der Waals surface area contributed by atoms with Crippen LogP contribution in [-0.4, -0.2) is 45.0 Å². The van der Waals surface area contributed by atoms with Crippen LogP contribution in [0.2, 0.25) is 0 Å². The van der Waals surface area contributed by atoms with E-state index in [1.807, 2.05) is 29.2 Å². The van der Waals surface area contributed by atoms with E-state index in [-0.39, 0.29) is 0 Å². The van der Waals surface area contributed by atoms with Gasteiger partial charge in [-0.1, -0.05) is 0 Å². The van der Waals surface area contributed by atoms with E-state index in [1.165, 1.54) is 12.8 Å². The summed E-state index contributed by atoms with van der Waals surface area (Å²) in [5.41, 5.74) is 3.88. The van der Waals surface area contributed by atoms with E-state index in [2.05, 4.69) is 22.0 Å². The molecule has 3 aromatic heterocycles. The lowest BCUT2D eigenvalue weighted by Gasteiger charge is -2.32. The zero-order valence-electron chi connectivity index (χ0n) is 16.2. The highest BCUT2D eigenvalue weighted by atomic mass is 16.5. The third-order valence-electron chi connectivity index (χ3n) is 5.85. The Bertz CT molecular complexity index is 1020. The fraction of sp³-hybridized carbons (Fsp3) is 0.409. The van der Waals surface area contributed by atoms with Crippen molar-refractivity contribution in [2.45, 2.75) is 44.5 Å². The Morgan fingerprint density at radius 3 is 2.66 bits per heavy atom. The van der Waals surface area contributed by atoms with Gasteiger partial charge in [-0.2, -0.15) is 5.10 Å². The summed E-state index contributed by atoms with van der Waals surface area (Å²) in [6.45, 7) is 2.49. The van der Waals surface area contributed by atoms with E-state index in [4.69, 9.17) is 19.6 Å². The van der Waals surface area contributed by atoms with Crippen molar-refractivity contribution in [1.29, 1.82) is 0 Å². The van der Waals surface area contributed by atoms with Crippen LogP contribution < -0.4 is 9.64 Å². The van der Waals surface area contributed by atoms with Crippen LogP contribution in [0.25, 0.3) is 16.9 Å². The molecular formula is C22H23N5O2. The number of piperidine rings is 1.